The quantitative estimate of drug-likeness (QED) is 0.744. The van der Waals surface area contributed by atoms with Gasteiger partial charge in [0.1, 0.15) is 18.5 Å². The summed E-state index contributed by atoms with van der Waals surface area (Å²) in [6.07, 6.45) is 2.58. The van der Waals surface area contributed by atoms with Crippen LogP contribution in [0.5, 0.6) is 0 Å². The molecular formula is C15H16FN3O5S. The molecule has 2 aromatic rings. The van der Waals surface area contributed by atoms with E-state index in [4.69, 9.17) is 4.74 Å². The van der Waals surface area contributed by atoms with Crippen molar-refractivity contribution in [3.63, 3.8) is 0 Å². The first-order chi connectivity index (χ1) is 11.7. The van der Waals surface area contributed by atoms with Gasteiger partial charge in [-0.1, -0.05) is 0 Å². The van der Waals surface area contributed by atoms with E-state index in [1.54, 1.807) is 23.8 Å². The van der Waals surface area contributed by atoms with Crippen LogP contribution in [0.15, 0.2) is 30.7 Å². The predicted molar refractivity (Wildman–Crippen MR) is 86.7 cm³/mol. The third-order valence-electron chi connectivity index (χ3n) is 3.67. The molecule has 0 N–H and O–H groups in total. The summed E-state index contributed by atoms with van der Waals surface area (Å²) >= 11 is 0. The Kier molecular flexibility index (Phi) is 4.48. The van der Waals surface area contributed by atoms with Crippen LogP contribution in [0.2, 0.25) is 0 Å². The van der Waals surface area contributed by atoms with Crippen LogP contribution in [0, 0.1) is 12.7 Å². The fourth-order valence-electron chi connectivity index (χ4n) is 2.49. The van der Waals surface area contributed by atoms with Crippen LogP contribution in [0.4, 0.5) is 14.9 Å². The zero-order valence-electron chi connectivity index (χ0n) is 13.5. The van der Waals surface area contributed by atoms with Gasteiger partial charge < -0.3 is 9.30 Å². The van der Waals surface area contributed by atoms with Crippen molar-refractivity contribution < 1.29 is 26.5 Å². The smallest absolute Gasteiger partial charge is 0.414 e. The summed E-state index contributed by atoms with van der Waals surface area (Å²) in [6, 6.07) is 4.34. The maximum Gasteiger partial charge on any atom is 0.414 e. The largest absolute Gasteiger partial charge is 0.441 e. The van der Waals surface area contributed by atoms with Gasteiger partial charge in [0, 0.05) is 11.9 Å². The molecule has 0 spiro atoms. The number of hydrogen-bond donors (Lipinski definition) is 0. The molecule has 0 bridgehead atoms. The van der Waals surface area contributed by atoms with E-state index in [1.807, 2.05) is 0 Å². The van der Waals surface area contributed by atoms with Crippen molar-refractivity contribution in [3.8, 4) is 5.69 Å². The molecule has 1 aromatic heterocycles. The minimum atomic E-state index is -3.63. The standard InChI is InChI=1S/C15H16FN3O5S/c1-10-6-17-9-19(10)14-4-3-11(5-13(14)16)18-7-12(24-15(18)20)8-23-25(2,21)22/h3-6,9,12H,7-8H2,1-2H3/t12-/m1/s1. The van der Waals surface area contributed by atoms with Crippen molar-refractivity contribution in [2.75, 3.05) is 24.3 Å². The van der Waals surface area contributed by atoms with E-state index in [1.165, 1.54) is 23.4 Å². The molecule has 1 amide bonds. The Morgan fingerprint density at radius 2 is 2.20 bits per heavy atom. The summed E-state index contributed by atoms with van der Waals surface area (Å²) < 4.78 is 47.7. The molecule has 25 heavy (non-hydrogen) atoms. The molecule has 134 valence electrons. The highest BCUT2D eigenvalue weighted by Gasteiger charge is 2.33. The number of cyclic esters (lactones) is 1. The maximum absolute atomic E-state index is 14.4. The normalized spacial score (nSPS) is 17.8. The molecule has 1 saturated heterocycles. The van der Waals surface area contributed by atoms with Gasteiger partial charge in [0.15, 0.2) is 0 Å². The van der Waals surface area contributed by atoms with E-state index in [0.717, 1.165) is 11.9 Å². The van der Waals surface area contributed by atoms with Crippen molar-refractivity contribution >= 4 is 21.9 Å². The number of aromatic nitrogens is 2. The maximum atomic E-state index is 14.4. The highest BCUT2D eigenvalue weighted by molar-refractivity contribution is 7.85. The second-order valence-electron chi connectivity index (χ2n) is 5.65. The molecule has 3 rings (SSSR count). The summed E-state index contributed by atoms with van der Waals surface area (Å²) in [4.78, 5) is 17.1. The molecule has 1 aromatic carbocycles. The van der Waals surface area contributed by atoms with Gasteiger partial charge in [-0.2, -0.15) is 8.42 Å². The average molecular weight is 369 g/mol. The number of benzene rings is 1. The SMILES string of the molecule is Cc1cncn1-c1ccc(N2C[C@H](COS(C)(=O)=O)OC2=O)cc1F. The molecule has 0 aliphatic carbocycles. The number of imidazole rings is 1. The molecule has 8 nitrogen and oxygen atoms in total. The van der Waals surface area contributed by atoms with Crippen molar-refractivity contribution in [1.82, 2.24) is 9.55 Å². The highest BCUT2D eigenvalue weighted by Crippen LogP contribution is 2.26. The van der Waals surface area contributed by atoms with Crippen molar-refractivity contribution in [3.05, 3.63) is 42.2 Å². The Labute approximate surface area is 143 Å². The molecule has 1 aliphatic rings. The summed E-state index contributed by atoms with van der Waals surface area (Å²) in [7, 11) is -3.63. The lowest BCUT2D eigenvalue weighted by molar-refractivity contribution is 0.107. The third-order valence-corrected chi connectivity index (χ3v) is 4.23. The van der Waals surface area contributed by atoms with Gasteiger partial charge in [0.25, 0.3) is 10.1 Å². The lowest BCUT2D eigenvalue weighted by Crippen LogP contribution is -2.26. The average Bonchev–Trinajstić information content (AvgIpc) is 3.10. The molecular weight excluding hydrogens is 353 g/mol. The topological polar surface area (TPSA) is 90.7 Å². The van der Waals surface area contributed by atoms with Crippen LogP contribution in [-0.2, 0) is 19.0 Å². The van der Waals surface area contributed by atoms with E-state index in [2.05, 4.69) is 9.17 Å². The van der Waals surface area contributed by atoms with Crippen LogP contribution >= 0.6 is 0 Å². The molecule has 0 saturated carbocycles. The minimum absolute atomic E-state index is 0.0667. The van der Waals surface area contributed by atoms with E-state index in [9.17, 15) is 17.6 Å². The van der Waals surface area contributed by atoms with Gasteiger partial charge in [-0.15, -0.1) is 0 Å². The van der Waals surface area contributed by atoms with Gasteiger partial charge in [0.2, 0.25) is 0 Å². The number of hydrogen-bond acceptors (Lipinski definition) is 6. The van der Waals surface area contributed by atoms with Crippen LogP contribution < -0.4 is 4.90 Å². The molecule has 0 radical (unpaired) electrons. The van der Waals surface area contributed by atoms with Crippen molar-refractivity contribution in [1.29, 1.82) is 0 Å². The Hall–Kier alpha value is -2.46. The van der Waals surface area contributed by atoms with Crippen LogP contribution in [0.3, 0.4) is 0 Å². The first-order valence-corrected chi connectivity index (χ1v) is 9.17. The van der Waals surface area contributed by atoms with Gasteiger partial charge in [-0.3, -0.25) is 9.08 Å². The third kappa shape index (κ3) is 3.80. The number of carbonyl (C=O) groups excluding carboxylic acids is 1. The number of carbonyl (C=O) groups is 1. The van der Waals surface area contributed by atoms with E-state index in [0.29, 0.717) is 11.4 Å². The Bertz CT molecular complexity index is 912. The fraction of sp³-hybridized carbons (Fsp3) is 0.333. The molecule has 2 heterocycles. The van der Waals surface area contributed by atoms with E-state index < -0.39 is 28.1 Å². The van der Waals surface area contributed by atoms with Crippen LogP contribution in [0.1, 0.15) is 5.69 Å². The predicted octanol–water partition coefficient (Wildman–Crippen LogP) is 1.62. The zero-order chi connectivity index (χ0) is 18.2. The van der Waals surface area contributed by atoms with Crippen LogP contribution in [0.25, 0.3) is 5.69 Å². The van der Waals surface area contributed by atoms with Gasteiger partial charge in [-0.25, -0.2) is 14.2 Å². The number of nitrogens with zero attached hydrogens (tertiary/aromatic N) is 3. The summed E-state index contributed by atoms with van der Waals surface area (Å²) in [5.74, 6) is -0.526. The first kappa shape index (κ1) is 17.4. The van der Waals surface area contributed by atoms with Crippen molar-refractivity contribution in [2.24, 2.45) is 0 Å². The lowest BCUT2D eigenvalue weighted by Gasteiger charge is -2.15. The number of aryl methyl sites for hydroxylation is 1. The van der Waals surface area contributed by atoms with Gasteiger partial charge >= 0.3 is 6.09 Å². The molecule has 1 atom stereocenters. The zero-order valence-corrected chi connectivity index (χ0v) is 14.4. The van der Waals surface area contributed by atoms with E-state index >= 15 is 0 Å². The monoisotopic (exact) mass is 369 g/mol. The Balaban J connectivity index is 1.77. The number of ether oxygens (including phenoxy) is 1. The van der Waals surface area contributed by atoms with Crippen LogP contribution in [-0.4, -0.2) is 49.6 Å². The number of rotatable bonds is 5. The molecule has 0 unspecified atom stereocenters. The van der Waals surface area contributed by atoms with Crippen molar-refractivity contribution in [2.45, 2.75) is 13.0 Å². The van der Waals surface area contributed by atoms with Gasteiger partial charge in [-0.05, 0) is 25.1 Å². The summed E-state index contributed by atoms with van der Waals surface area (Å²) in [6.45, 7) is 1.58. The number of amides is 1. The second-order valence-corrected chi connectivity index (χ2v) is 7.29. The number of anilines is 1. The lowest BCUT2D eigenvalue weighted by atomic mass is 10.2. The Morgan fingerprint density at radius 1 is 1.44 bits per heavy atom. The number of halogens is 1. The molecule has 10 heteroatoms. The van der Waals surface area contributed by atoms with E-state index in [-0.39, 0.29) is 13.2 Å². The fourth-order valence-corrected chi connectivity index (χ4v) is 2.89. The Morgan fingerprint density at radius 3 is 2.80 bits per heavy atom. The van der Waals surface area contributed by atoms with Gasteiger partial charge in [0.05, 0.1) is 30.5 Å². The molecule has 1 fully saturated rings. The molecule has 1 aliphatic heterocycles. The summed E-state index contributed by atoms with van der Waals surface area (Å²) in [5.41, 5.74) is 1.39. The first-order valence-electron chi connectivity index (χ1n) is 7.36. The minimum Gasteiger partial charge on any atom is -0.441 e. The summed E-state index contributed by atoms with van der Waals surface area (Å²) in [5, 5.41) is 0. The highest BCUT2D eigenvalue weighted by atomic mass is 32.2. The second kappa shape index (κ2) is 6.45.